The first-order valence-corrected chi connectivity index (χ1v) is 11.7. The first kappa shape index (κ1) is 23.5. The largest absolute Gasteiger partial charge is 0.497 e. The zero-order valence-electron chi connectivity index (χ0n) is 19.9. The molecule has 0 bridgehead atoms. The molecule has 0 atom stereocenters. The van der Waals surface area contributed by atoms with E-state index >= 15 is 0 Å². The smallest absolute Gasteiger partial charge is 0.253 e. The quantitative estimate of drug-likeness (QED) is 0.352. The van der Waals surface area contributed by atoms with Crippen LogP contribution in [0.15, 0.2) is 71.5 Å². The molecule has 0 saturated heterocycles. The number of fused-ring (bicyclic) bond motifs is 2. The number of rotatable bonds is 7. The highest BCUT2D eigenvalue weighted by molar-refractivity contribution is 7.80. The van der Waals surface area contributed by atoms with Crippen molar-refractivity contribution >= 4 is 33.9 Å². The fraction of sp³-hybridized carbons (Fsp3) is 0.185. The second-order valence-corrected chi connectivity index (χ2v) is 8.64. The normalized spacial score (nSPS) is 11.8. The maximum absolute atomic E-state index is 13.0. The van der Waals surface area contributed by atoms with E-state index in [1.165, 1.54) is 0 Å². The molecule has 0 aliphatic carbocycles. The van der Waals surface area contributed by atoms with Crippen LogP contribution in [0, 0.1) is 0 Å². The number of para-hydroxylation sites is 2. The van der Waals surface area contributed by atoms with E-state index in [0.29, 0.717) is 40.2 Å². The number of aromatic nitrogens is 1. The van der Waals surface area contributed by atoms with Crippen LogP contribution in [-0.4, -0.2) is 36.0 Å². The van der Waals surface area contributed by atoms with Crippen LogP contribution in [0.5, 0.6) is 23.0 Å². The highest BCUT2D eigenvalue weighted by Gasteiger charge is 2.18. The molecule has 0 radical (unpaired) electrons. The molecule has 4 aromatic rings. The molecular formula is C27H25N3O5S. The molecule has 0 amide bonds. The maximum atomic E-state index is 13.0. The number of ether oxygens (including phenoxy) is 4. The lowest BCUT2D eigenvalue weighted by atomic mass is 10.1. The third-order valence-electron chi connectivity index (χ3n) is 5.94. The SMILES string of the molecule is COc1ccc2[nH]c(=O)c(CN(Cc3ccc4c(c3)OCO4)C(=S)Nc3ccccc3OC)cc2c1. The van der Waals surface area contributed by atoms with Crippen LogP contribution in [0.4, 0.5) is 5.69 Å². The molecule has 0 unspecified atom stereocenters. The average Bonchev–Trinajstić information content (AvgIpc) is 3.36. The Morgan fingerprint density at radius 2 is 1.83 bits per heavy atom. The molecule has 36 heavy (non-hydrogen) atoms. The highest BCUT2D eigenvalue weighted by Crippen LogP contribution is 2.33. The minimum atomic E-state index is -0.177. The molecule has 1 aromatic heterocycles. The topological polar surface area (TPSA) is 85.1 Å². The van der Waals surface area contributed by atoms with Crippen LogP contribution in [0.25, 0.3) is 10.9 Å². The summed E-state index contributed by atoms with van der Waals surface area (Å²) in [5.41, 5.74) is 2.82. The molecule has 8 nitrogen and oxygen atoms in total. The summed E-state index contributed by atoms with van der Waals surface area (Å²) in [5.74, 6) is 2.77. The Kier molecular flexibility index (Phi) is 6.64. The van der Waals surface area contributed by atoms with Crippen LogP contribution in [-0.2, 0) is 13.1 Å². The van der Waals surface area contributed by atoms with Crippen molar-refractivity contribution in [2.45, 2.75) is 13.1 Å². The van der Waals surface area contributed by atoms with Gasteiger partial charge < -0.3 is 34.1 Å². The lowest BCUT2D eigenvalue weighted by Gasteiger charge is -2.26. The molecule has 0 spiro atoms. The summed E-state index contributed by atoms with van der Waals surface area (Å²) in [6, 6.07) is 20.7. The van der Waals surface area contributed by atoms with Crippen molar-refractivity contribution in [3.63, 3.8) is 0 Å². The molecule has 5 rings (SSSR count). The lowest BCUT2D eigenvalue weighted by Crippen LogP contribution is -2.35. The number of thiocarbonyl (C=S) groups is 1. The van der Waals surface area contributed by atoms with Crippen molar-refractivity contribution in [3.05, 3.63) is 88.2 Å². The summed E-state index contributed by atoms with van der Waals surface area (Å²) in [7, 11) is 3.22. The number of H-pyrrole nitrogens is 1. The molecule has 1 aliphatic rings. The van der Waals surface area contributed by atoms with E-state index in [1.54, 1.807) is 14.2 Å². The molecule has 0 fully saturated rings. The molecule has 184 valence electrons. The summed E-state index contributed by atoms with van der Waals surface area (Å²) >= 11 is 5.81. The average molecular weight is 504 g/mol. The van der Waals surface area contributed by atoms with Gasteiger partial charge in [0.25, 0.3) is 5.56 Å². The van der Waals surface area contributed by atoms with Crippen LogP contribution in [0.1, 0.15) is 11.1 Å². The molecular weight excluding hydrogens is 478 g/mol. The van der Waals surface area contributed by atoms with Gasteiger partial charge in [0.2, 0.25) is 6.79 Å². The van der Waals surface area contributed by atoms with Gasteiger partial charge in [0.1, 0.15) is 11.5 Å². The second kappa shape index (κ2) is 10.2. The second-order valence-electron chi connectivity index (χ2n) is 8.25. The Labute approximate surface area is 213 Å². The standard InChI is InChI=1S/C27H25N3O5S/c1-32-20-8-9-21-18(13-20)12-19(26(31)28-21)15-30(14-17-7-10-24-25(11-17)35-16-34-24)27(36)29-22-5-3-4-6-23(22)33-2/h3-13H,14-16H2,1-2H3,(H,28,31)(H,29,36). The summed E-state index contributed by atoms with van der Waals surface area (Å²) in [4.78, 5) is 17.9. The number of methoxy groups -OCH3 is 2. The molecule has 1 aliphatic heterocycles. The van der Waals surface area contributed by atoms with Crippen LogP contribution >= 0.6 is 12.2 Å². The summed E-state index contributed by atoms with van der Waals surface area (Å²) in [6.07, 6.45) is 0. The van der Waals surface area contributed by atoms with Gasteiger partial charge >= 0.3 is 0 Å². The van der Waals surface area contributed by atoms with Crippen molar-refractivity contribution in [3.8, 4) is 23.0 Å². The Bertz CT molecular complexity index is 1490. The summed E-state index contributed by atoms with van der Waals surface area (Å²) < 4.78 is 21.8. The number of nitrogens with one attached hydrogen (secondary N) is 2. The number of pyridine rings is 1. The van der Waals surface area contributed by atoms with E-state index in [2.05, 4.69) is 10.3 Å². The van der Waals surface area contributed by atoms with Crippen molar-refractivity contribution in [1.29, 1.82) is 0 Å². The number of benzene rings is 3. The van der Waals surface area contributed by atoms with E-state index in [-0.39, 0.29) is 18.9 Å². The Hall–Kier alpha value is -4.24. The lowest BCUT2D eigenvalue weighted by molar-refractivity contribution is 0.174. The zero-order chi connectivity index (χ0) is 25.1. The van der Waals surface area contributed by atoms with Gasteiger partial charge in [0, 0.05) is 23.0 Å². The molecule has 9 heteroatoms. The molecule has 2 heterocycles. The van der Waals surface area contributed by atoms with Crippen molar-refractivity contribution in [1.82, 2.24) is 9.88 Å². The van der Waals surface area contributed by atoms with Gasteiger partial charge in [-0.15, -0.1) is 0 Å². The van der Waals surface area contributed by atoms with E-state index in [1.807, 2.05) is 71.6 Å². The van der Waals surface area contributed by atoms with Gasteiger partial charge in [-0.3, -0.25) is 4.79 Å². The maximum Gasteiger partial charge on any atom is 0.253 e. The Balaban J connectivity index is 1.48. The number of hydrogen-bond donors (Lipinski definition) is 2. The minimum Gasteiger partial charge on any atom is -0.497 e. The number of aromatic amines is 1. The fourth-order valence-corrected chi connectivity index (χ4v) is 4.32. The molecule has 2 N–H and O–H groups in total. The highest BCUT2D eigenvalue weighted by atomic mass is 32.1. The van der Waals surface area contributed by atoms with Gasteiger partial charge in [-0.05, 0) is 66.3 Å². The third-order valence-corrected chi connectivity index (χ3v) is 6.30. The monoisotopic (exact) mass is 503 g/mol. The first-order chi connectivity index (χ1) is 17.5. The third kappa shape index (κ3) is 4.92. The fourth-order valence-electron chi connectivity index (χ4n) is 4.08. The van der Waals surface area contributed by atoms with Gasteiger partial charge in [-0.25, -0.2) is 0 Å². The van der Waals surface area contributed by atoms with Gasteiger partial charge in [0.15, 0.2) is 16.6 Å². The Morgan fingerprint density at radius 3 is 2.67 bits per heavy atom. The number of hydrogen-bond acceptors (Lipinski definition) is 6. The van der Waals surface area contributed by atoms with Gasteiger partial charge in [0.05, 0.1) is 26.5 Å². The van der Waals surface area contributed by atoms with E-state index in [9.17, 15) is 4.79 Å². The van der Waals surface area contributed by atoms with Gasteiger partial charge in [-0.2, -0.15) is 0 Å². The van der Waals surface area contributed by atoms with Crippen LogP contribution in [0.3, 0.4) is 0 Å². The minimum absolute atomic E-state index is 0.177. The number of anilines is 1. The van der Waals surface area contributed by atoms with Crippen molar-refractivity contribution in [2.24, 2.45) is 0 Å². The Morgan fingerprint density at radius 1 is 1.00 bits per heavy atom. The molecule has 0 saturated carbocycles. The van der Waals surface area contributed by atoms with Crippen molar-refractivity contribution < 1.29 is 18.9 Å². The van der Waals surface area contributed by atoms with Crippen LogP contribution < -0.4 is 29.8 Å². The first-order valence-electron chi connectivity index (χ1n) is 11.3. The van der Waals surface area contributed by atoms with E-state index in [4.69, 9.17) is 31.2 Å². The predicted octanol–water partition coefficient (Wildman–Crippen LogP) is 4.67. The van der Waals surface area contributed by atoms with Crippen LogP contribution in [0.2, 0.25) is 0 Å². The van der Waals surface area contributed by atoms with Gasteiger partial charge in [-0.1, -0.05) is 18.2 Å². The predicted molar refractivity (Wildman–Crippen MR) is 142 cm³/mol. The van der Waals surface area contributed by atoms with E-state index in [0.717, 1.165) is 22.2 Å². The summed E-state index contributed by atoms with van der Waals surface area (Å²) in [6.45, 7) is 0.914. The zero-order valence-corrected chi connectivity index (χ0v) is 20.7. The summed E-state index contributed by atoms with van der Waals surface area (Å²) in [5, 5.41) is 4.59. The van der Waals surface area contributed by atoms with E-state index < -0.39 is 0 Å². The molecule has 3 aromatic carbocycles. The van der Waals surface area contributed by atoms with Crippen molar-refractivity contribution in [2.75, 3.05) is 26.3 Å². The number of nitrogens with zero attached hydrogens (tertiary/aromatic N) is 1.